The minimum Gasteiger partial charge on any atom is -0.306 e. The molecule has 7 nitrogen and oxygen atoms in total. The molecule has 0 aromatic heterocycles. The van der Waals surface area contributed by atoms with Crippen LogP contribution in [0.25, 0.3) is 0 Å². The van der Waals surface area contributed by atoms with Gasteiger partial charge in [0, 0.05) is 18.4 Å². The molecule has 1 aliphatic rings. The highest BCUT2D eigenvalue weighted by atomic mass is 17.1. The second-order valence-corrected chi connectivity index (χ2v) is 13.0. The van der Waals surface area contributed by atoms with E-state index >= 15 is 9.59 Å². The fraction of sp³-hybridized carbons (Fsp3) is 0.136. The molecule has 6 aromatic rings. The summed E-state index contributed by atoms with van der Waals surface area (Å²) in [5.41, 5.74) is -1.65. The molecule has 51 heavy (non-hydrogen) atoms. The van der Waals surface area contributed by atoms with Crippen molar-refractivity contribution in [2.75, 3.05) is 4.90 Å². The van der Waals surface area contributed by atoms with Crippen molar-refractivity contribution in [3.05, 3.63) is 209 Å². The van der Waals surface area contributed by atoms with Crippen LogP contribution >= 0.6 is 0 Å². The zero-order chi connectivity index (χ0) is 35.3. The molecule has 1 amide bonds. The molecule has 0 bridgehead atoms. The number of fused-ring (bicyclic) bond motifs is 1. The maximum atomic E-state index is 15.8. The maximum absolute atomic E-state index is 15.8. The van der Waals surface area contributed by atoms with Gasteiger partial charge in [-0.25, -0.2) is 9.78 Å². The van der Waals surface area contributed by atoms with Crippen LogP contribution in [0.1, 0.15) is 51.0 Å². The van der Waals surface area contributed by atoms with Gasteiger partial charge in [-0.2, -0.15) is 0 Å². The summed E-state index contributed by atoms with van der Waals surface area (Å²) in [6, 6.07) is 52.9. The zero-order valence-electron chi connectivity index (χ0n) is 27.8. The number of Topliss-reactive ketones (excluding diaryl/α,β-unsaturated/α-hetero) is 1. The number of carbonyl (C=O) groups excluding carboxylic acids is 2. The number of anilines is 1. The molecular weight excluding hydrogens is 638 g/mol. The first-order valence-corrected chi connectivity index (χ1v) is 16.8. The first-order chi connectivity index (χ1) is 25.0. The number of amides is 1. The standard InChI is InChI=1S/C44H37NO6/c46-40-38-28-16-17-29-39(38)45(30-33-18-6-1-7-19-33)41(47)42(40,31-43(50-48,34-20-8-2-9-21-34)35-22-10-3-11-23-35)32-44(51-49,36-24-12-4-13-25-36)37-26-14-5-15-27-37/h1-29,48-49H,30-32H2. The summed E-state index contributed by atoms with van der Waals surface area (Å²) < 4.78 is 0. The fourth-order valence-corrected chi connectivity index (χ4v) is 7.62. The van der Waals surface area contributed by atoms with Crippen molar-refractivity contribution in [2.24, 2.45) is 5.41 Å². The van der Waals surface area contributed by atoms with E-state index in [2.05, 4.69) is 0 Å². The molecule has 0 fully saturated rings. The summed E-state index contributed by atoms with van der Waals surface area (Å²) in [6.07, 6.45) is -0.681. The van der Waals surface area contributed by atoms with E-state index in [1.807, 2.05) is 103 Å². The summed E-state index contributed by atoms with van der Waals surface area (Å²) >= 11 is 0. The lowest BCUT2D eigenvalue weighted by molar-refractivity contribution is -0.331. The highest BCUT2D eigenvalue weighted by Crippen LogP contribution is 2.55. The summed E-state index contributed by atoms with van der Waals surface area (Å²) in [5, 5.41) is 22.3. The number of carbonyl (C=O) groups is 2. The van der Waals surface area contributed by atoms with Gasteiger partial charge in [0.05, 0.1) is 12.2 Å². The highest BCUT2D eigenvalue weighted by molar-refractivity contribution is 6.25. The molecule has 0 saturated heterocycles. The minimum atomic E-state index is -1.99. The molecule has 6 aromatic carbocycles. The Kier molecular flexibility index (Phi) is 9.45. The Morgan fingerprint density at radius 2 is 0.843 bits per heavy atom. The van der Waals surface area contributed by atoms with Gasteiger partial charge >= 0.3 is 0 Å². The van der Waals surface area contributed by atoms with E-state index in [0.717, 1.165) is 5.56 Å². The van der Waals surface area contributed by atoms with Crippen molar-refractivity contribution in [3.63, 3.8) is 0 Å². The van der Waals surface area contributed by atoms with E-state index in [-0.39, 0.29) is 19.4 Å². The Morgan fingerprint density at radius 3 is 1.24 bits per heavy atom. The first-order valence-electron chi connectivity index (χ1n) is 16.8. The van der Waals surface area contributed by atoms with Gasteiger partial charge in [0.2, 0.25) is 5.91 Å². The molecule has 0 saturated carbocycles. The molecule has 0 radical (unpaired) electrons. The first kappa shape index (κ1) is 33.8. The van der Waals surface area contributed by atoms with Crippen molar-refractivity contribution in [2.45, 2.75) is 30.6 Å². The predicted molar refractivity (Wildman–Crippen MR) is 195 cm³/mol. The summed E-state index contributed by atoms with van der Waals surface area (Å²) in [4.78, 5) is 44.2. The number of benzene rings is 6. The number of hydrogen-bond acceptors (Lipinski definition) is 6. The number of hydrogen-bond donors (Lipinski definition) is 2. The molecule has 7 heteroatoms. The number of nitrogens with zero attached hydrogens (tertiary/aromatic N) is 1. The van der Waals surface area contributed by atoms with E-state index < -0.39 is 28.3 Å². The third kappa shape index (κ3) is 5.96. The number of rotatable bonds is 12. The molecule has 1 aliphatic heterocycles. The van der Waals surface area contributed by atoms with Gasteiger partial charge < -0.3 is 4.90 Å². The van der Waals surface area contributed by atoms with E-state index in [9.17, 15) is 10.5 Å². The van der Waals surface area contributed by atoms with Crippen LogP contribution in [0.15, 0.2) is 176 Å². The number of para-hydroxylation sites is 1. The Morgan fingerprint density at radius 1 is 0.490 bits per heavy atom. The van der Waals surface area contributed by atoms with Gasteiger partial charge in [0.1, 0.15) is 5.41 Å². The zero-order valence-corrected chi connectivity index (χ0v) is 27.8. The molecule has 7 rings (SSSR count). The normalized spacial score (nSPS) is 14.3. The third-order valence-electron chi connectivity index (χ3n) is 10.1. The second-order valence-electron chi connectivity index (χ2n) is 13.0. The second kappa shape index (κ2) is 14.3. The van der Waals surface area contributed by atoms with Crippen LogP contribution in [0.2, 0.25) is 0 Å². The average molecular weight is 676 g/mol. The van der Waals surface area contributed by atoms with Crippen LogP contribution in [0, 0.1) is 5.41 Å². The van der Waals surface area contributed by atoms with Crippen molar-refractivity contribution in [3.8, 4) is 0 Å². The van der Waals surface area contributed by atoms with Gasteiger partial charge in [-0.1, -0.05) is 164 Å². The van der Waals surface area contributed by atoms with Gasteiger partial charge in [-0.3, -0.25) is 20.1 Å². The van der Waals surface area contributed by atoms with Gasteiger partial charge in [-0.05, 0) is 39.9 Å². The molecule has 0 unspecified atom stereocenters. The van der Waals surface area contributed by atoms with Crippen molar-refractivity contribution in [1.29, 1.82) is 0 Å². The van der Waals surface area contributed by atoms with Crippen molar-refractivity contribution < 1.29 is 29.9 Å². The smallest absolute Gasteiger partial charge is 0.241 e. The Bertz CT molecular complexity index is 1920. The van der Waals surface area contributed by atoms with Crippen LogP contribution in [0.4, 0.5) is 5.69 Å². The maximum Gasteiger partial charge on any atom is 0.241 e. The van der Waals surface area contributed by atoms with Crippen molar-refractivity contribution >= 4 is 17.4 Å². The molecule has 0 atom stereocenters. The fourth-order valence-electron chi connectivity index (χ4n) is 7.62. The van der Waals surface area contributed by atoms with E-state index in [1.165, 1.54) is 0 Å². The minimum absolute atomic E-state index is 0.166. The molecule has 0 aliphatic carbocycles. The van der Waals surface area contributed by atoms with E-state index in [1.54, 1.807) is 77.7 Å². The van der Waals surface area contributed by atoms with E-state index in [4.69, 9.17) is 9.78 Å². The molecule has 2 N–H and O–H groups in total. The van der Waals surface area contributed by atoms with Crippen LogP contribution in [-0.4, -0.2) is 22.2 Å². The topological polar surface area (TPSA) is 96.3 Å². The lowest BCUT2D eigenvalue weighted by Gasteiger charge is -2.48. The molecule has 1 heterocycles. The highest BCUT2D eigenvalue weighted by Gasteiger charge is 2.62. The molecule has 254 valence electrons. The lowest BCUT2D eigenvalue weighted by Crippen LogP contribution is -2.58. The van der Waals surface area contributed by atoms with Crippen LogP contribution in [-0.2, 0) is 32.3 Å². The predicted octanol–water partition coefficient (Wildman–Crippen LogP) is 9.05. The summed E-state index contributed by atoms with van der Waals surface area (Å²) in [5.74, 6) is -0.995. The quantitative estimate of drug-likeness (QED) is 0.0764. The van der Waals surface area contributed by atoms with Crippen LogP contribution in [0.5, 0.6) is 0 Å². The number of ketones is 1. The van der Waals surface area contributed by atoms with Crippen LogP contribution in [0.3, 0.4) is 0 Å². The molecular formula is C44H37NO6. The largest absolute Gasteiger partial charge is 0.306 e. The Balaban J connectivity index is 1.54. The van der Waals surface area contributed by atoms with E-state index in [0.29, 0.717) is 33.5 Å². The lowest BCUT2D eigenvalue weighted by atomic mass is 9.60. The average Bonchev–Trinajstić information content (AvgIpc) is 3.21. The Labute approximate surface area is 296 Å². The monoisotopic (exact) mass is 675 g/mol. The summed E-state index contributed by atoms with van der Waals surface area (Å²) in [6.45, 7) is 0.166. The Hall–Kier alpha value is -5.70. The molecule has 0 spiro atoms. The SMILES string of the molecule is O=C1c2ccccc2N(Cc2ccccc2)C(=O)C1(CC(OO)(c1ccccc1)c1ccccc1)CC(OO)(c1ccccc1)c1ccccc1. The van der Waals surface area contributed by atoms with Gasteiger partial charge in [0.25, 0.3) is 0 Å². The van der Waals surface area contributed by atoms with Crippen molar-refractivity contribution in [1.82, 2.24) is 0 Å². The van der Waals surface area contributed by atoms with Gasteiger partial charge in [0.15, 0.2) is 17.0 Å². The van der Waals surface area contributed by atoms with Gasteiger partial charge in [-0.15, -0.1) is 0 Å². The third-order valence-corrected chi connectivity index (χ3v) is 10.1. The van der Waals surface area contributed by atoms with Crippen LogP contribution < -0.4 is 4.90 Å². The summed E-state index contributed by atoms with van der Waals surface area (Å²) in [7, 11) is 0.